The SMILES string of the molecule is CC(C)(C)[Si](C)(C)c1c(F)c(F)nc(-c2[nH]nc3ncnc(Cl)c23)c1F.CC(C)(C)[Si](C)(C)c1c(F)c(F)nc(C(=O)c2c(Cl)ncnc2Cl)c1F. The first-order chi connectivity index (χ1) is 23.8. The number of pyridine rings is 2. The number of aromatic nitrogens is 8. The summed E-state index contributed by atoms with van der Waals surface area (Å²) < 4.78 is 88.0. The summed E-state index contributed by atoms with van der Waals surface area (Å²) in [5.41, 5.74) is -1.51. The molecule has 5 heterocycles. The van der Waals surface area contributed by atoms with Gasteiger partial charge in [-0.05, 0) is 10.1 Å². The Morgan fingerprint density at radius 3 is 1.60 bits per heavy atom. The van der Waals surface area contributed by atoms with Crippen LogP contribution in [0.15, 0.2) is 12.7 Å². The van der Waals surface area contributed by atoms with E-state index in [0.29, 0.717) is 0 Å². The maximum Gasteiger partial charge on any atom is 0.249 e. The number of rotatable bonds is 5. The Labute approximate surface area is 312 Å². The van der Waals surface area contributed by atoms with Crippen LogP contribution in [0.1, 0.15) is 57.6 Å². The van der Waals surface area contributed by atoms with Crippen molar-refractivity contribution in [3.8, 4) is 11.4 Å². The molecule has 0 amide bonds. The molecule has 0 atom stereocenters. The summed E-state index contributed by atoms with van der Waals surface area (Å²) in [6.45, 7) is 18.0. The summed E-state index contributed by atoms with van der Waals surface area (Å²) in [6.07, 6.45) is 2.21. The quantitative estimate of drug-likeness (QED) is 0.0614. The molecule has 52 heavy (non-hydrogen) atoms. The molecule has 0 fully saturated rings. The zero-order valence-corrected chi connectivity index (χ0v) is 33.9. The fourth-order valence-corrected chi connectivity index (χ4v) is 9.68. The number of carbonyl (C=O) groups excluding carboxylic acids is 1. The van der Waals surface area contributed by atoms with Gasteiger partial charge in [-0.2, -0.15) is 13.9 Å². The van der Waals surface area contributed by atoms with Crippen LogP contribution in [0.2, 0.25) is 51.7 Å². The number of hydrogen-bond acceptors (Lipinski definition) is 8. The molecule has 1 N–H and O–H groups in total. The molecule has 20 heteroatoms. The summed E-state index contributed by atoms with van der Waals surface area (Å²) in [4.78, 5) is 34.3. The van der Waals surface area contributed by atoms with Crippen LogP contribution in [-0.4, -0.2) is 62.0 Å². The normalized spacial score (nSPS) is 12.6. The molecule has 0 spiro atoms. The van der Waals surface area contributed by atoms with Crippen LogP contribution in [0.4, 0.5) is 26.3 Å². The minimum Gasteiger partial charge on any atom is -0.286 e. The Morgan fingerprint density at radius 2 is 1.10 bits per heavy atom. The molecular weight excluding hydrogens is 789 g/mol. The third-order valence-corrected chi connectivity index (χ3v) is 21.6. The number of carbonyl (C=O) groups is 1. The predicted octanol–water partition coefficient (Wildman–Crippen LogP) is 8.74. The lowest BCUT2D eigenvalue weighted by atomic mass is 10.1. The van der Waals surface area contributed by atoms with Crippen molar-refractivity contribution in [3.63, 3.8) is 0 Å². The van der Waals surface area contributed by atoms with Gasteiger partial charge in [0.25, 0.3) is 0 Å². The van der Waals surface area contributed by atoms with Gasteiger partial charge < -0.3 is 0 Å². The minimum absolute atomic E-state index is 0.0126. The molecule has 0 aliphatic carbocycles. The Bertz CT molecular complexity index is 2210. The van der Waals surface area contributed by atoms with Crippen LogP contribution in [0.5, 0.6) is 0 Å². The van der Waals surface area contributed by atoms with Crippen LogP contribution in [-0.2, 0) is 0 Å². The van der Waals surface area contributed by atoms with E-state index in [1.54, 1.807) is 47.0 Å². The molecule has 0 saturated carbocycles. The fraction of sp³-hybridized carbons (Fsp3) is 0.375. The summed E-state index contributed by atoms with van der Waals surface area (Å²) in [7, 11) is -5.64. The van der Waals surface area contributed by atoms with Gasteiger partial charge in [-0.25, -0.2) is 47.5 Å². The molecule has 5 rings (SSSR count). The lowest BCUT2D eigenvalue weighted by Gasteiger charge is -2.37. The first-order valence-electron chi connectivity index (χ1n) is 15.4. The van der Waals surface area contributed by atoms with Crippen molar-refractivity contribution in [2.45, 2.75) is 77.8 Å². The van der Waals surface area contributed by atoms with E-state index in [1.165, 1.54) is 6.33 Å². The van der Waals surface area contributed by atoms with Gasteiger partial charge in [0.1, 0.15) is 33.8 Å². The number of nitrogens with zero attached hydrogens (tertiary/aromatic N) is 7. The Kier molecular flexibility index (Phi) is 11.4. The summed E-state index contributed by atoms with van der Waals surface area (Å²) in [5, 5.41) is 4.39. The zero-order valence-electron chi connectivity index (χ0n) is 29.6. The largest absolute Gasteiger partial charge is 0.286 e. The average Bonchev–Trinajstić information content (AvgIpc) is 3.45. The van der Waals surface area contributed by atoms with E-state index in [4.69, 9.17) is 34.8 Å². The van der Waals surface area contributed by atoms with Gasteiger partial charge in [-0.15, -0.1) is 0 Å². The molecule has 0 bridgehead atoms. The lowest BCUT2D eigenvalue weighted by molar-refractivity contribution is 0.102. The Balaban J connectivity index is 0.000000233. The number of nitrogens with one attached hydrogen (secondary N) is 1. The van der Waals surface area contributed by atoms with Crippen molar-refractivity contribution in [2.24, 2.45) is 0 Å². The van der Waals surface area contributed by atoms with Crippen LogP contribution >= 0.6 is 34.8 Å². The molecular formula is C32H33Cl3F6N8OSi2. The highest BCUT2D eigenvalue weighted by Crippen LogP contribution is 2.39. The number of hydrogen-bond donors (Lipinski definition) is 1. The van der Waals surface area contributed by atoms with Gasteiger partial charge in [-0.1, -0.05) is 103 Å². The van der Waals surface area contributed by atoms with Crippen LogP contribution in [0, 0.1) is 35.2 Å². The number of fused-ring (bicyclic) bond motifs is 1. The number of halogens is 9. The maximum absolute atomic E-state index is 15.4. The molecule has 5 aromatic heterocycles. The second-order valence-corrected chi connectivity index (χ2v) is 26.5. The molecule has 0 unspecified atom stereocenters. The van der Waals surface area contributed by atoms with Gasteiger partial charge in [0.15, 0.2) is 34.6 Å². The van der Waals surface area contributed by atoms with Crippen LogP contribution < -0.4 is 10.4 Å². The van der Waals surface area contributed by atoms with Crippen molar-refractivity contribution in [1.82, 2.24) is 40.1 Å². The molecule has 0 aliphatic heterocycles. The fourth-order valence-electron chi connectivity index (χ4n) is 4.83. The second-order valence-electron chi connectivity index (χ2n) is 14.9. The second kappa shape index (κ2) is 14.4. The van der Waals surface area contributed by atoms with E-state index < -0.39 is 83.6 Å². The maximum atomic E-state index is 15.4. The third kappa shape index (κ3) is 7.21. The van der Waals surface area contributed by atoms with E-state index in [-0.39, 0.29) is 43.1 Å². The van der Waals surface area contributed by atoms with Crippen molar-refractivity contribution in [2.75, 3.05) is 0 Å². The molecule has 278 valence electrons. The molecule has 0 aliphatic rings. The lowest BCUT2D eigenvalue weighted by Crippen LogP contribution is -2.53. The summed E-state index contributed by atoms with van der Waals surface area (Å²) in [5.74, 6) is -8.79. The number of aromatic amines is 1. The molecule has 9 nitrogen and oxygen atoms in total. The average molecular weight is 822 g/mol. The van der Waals surface area contributed by atoms with E-state index in [0.717, 1.165) is 6.33 Å². The van der Waals surface area contributed by atoms with Crippen LogP contribution in [0.25, 0.3) is 22.4 Å². The van der Waals surface area contributed by atoms with E-state index in [9.17, 15) is 22.4 Å². The number of ketones is 1. The van der Waals surface area contributed by atoms with Gasteiger partial charge in [-0.3, -0.25) is 9.89 Å². The molecule has 0 saturated heterocycles. The summed E-state index contributed by atoms with van der Waals surface area (Å²) in [6, 6.07) is 0. The minimum atomic E-state index is -2.89. The van der Waals surface area contributed by atoms with Crippen molar-refractivity contribution in [3.05, 3.63) is 74.5 Å². The van der Waals surface area contributed by atoms with Crippen LogP contribution in [0.3, 0.4) is 0 Å². The Morgan fingerprint density at radius 1 is 0.654 bits per heavy atom. The topological polar surface area (TPSA) is 123 Å². The number of H-pyrrole nitrogens is 1. The van der Waals surface area contributed by atoms with Gasteiger partial charge >= 0.3 is 0 Å². The highest BCUT2D eigenvalue weighted by molar-refractivity contribution is 6.92. The van der Waals surface area contributed by atoms with E-state index in [1.807, 2.05) is 20.8 Å². The van der Waals surface area contributed by atoms with Crippen molar-refractivity contribution >= 4 is 78.1 Å². The monoisotopic (exact) mass is 820 g/mol. The zero-order chi connectivity index (χ0) is 39.5. The van der Waals surface area contributed by atoms with Gasteiger partial charge in [0.05, 0.1) is 32.8 Å². The molecule has 5 aromatic rings. The summed E-state index contributed by atoms with van der Waals surface area (Å²) >= 11 is 17.7. The first-order valence-corrected chi connectivity index (χ1v) is 22.6. The third-order valence-electron chi connectivity index (χ3n) is 9.81. The highest BCUT2D eigenvalue weighted by Gasteiger charge is 2.45. The van der Waals surface area contributed by atoms with Crippen molar-refractivity contribution in [1.29, 1.82) is 0 Å². The molecule has 0 aromatic carbocycles. The Hall–Kier alpha value is -3.52. The molecule has 0 radical (unpaired) electrons. The van der Waals surface area contributed by atoms with E-state index >= 15 is 8.78 Å². The first kappa shape index (κ1) is 41.2. The smallest absolute Gasteiger partial charge is 0.249 e. The standard InChI is InChI=1S/C16H16Cl2F3N3OSi.C16H17ClF3N5Si/c1-16(2,3)26(4,5)12-8(19)10(24-15(21)9(12)20)11(25)7-13(17)22-6-23-14(7)18;1-16(2,3)26(4,5)12-8(18)11(23-14(20)9(12)19)10-7-13(17)21-6-22-15(7)25-24-10/h6H,1-5H3;6H,1-5H3,(H,21,22,24,25). The van der Waals surface area contributed by atoms with Crippen molar-refractivity contribution < 1.29 is 31.1 Å². The van der Waals surface area contributed by atoms with E-state index in [2.05, 4.69) is 40.1 Å². The highest BCUT2D eigenvalue weighted by atomic mass is 35.5. The van der Waals surface area contributed by atoms with Gasteiger partial charge in [0, 0.05) is 10.4 Å². The predicted molar refractivity (Wildman–Crippen MR) is 193 cm³/mol. The van der Waals surface area contributed by atoms with Gasteiger partial charge in [0.2, 0.25) is 17.7 Å².